The van der Waals surface area contributed by atoms with Crippen LogP contribution in [-0.4, -0.2) is 43.5 Å². The summed E-state index contributed by atoms with van der Waals surface area (Å²) in [5.74, 6) is 2.75. The number of nitrogens with one attached hydrogen (secondary N) is 1. The Morgan fingerprint density at radius 3 is 2.51 bits per heavy atom. The van der Waals surface area contributed by atoms with Crippen LogP contribution in [0, 0.1) is 52.3 Å². The molecule has 4 fully saturated rings. The summed E-state index contributed by atoms with van der Waals surface area (Å²) in [4.78, 5) is 12.6. The van der Waals surface area contributed by atoms with E-state index >= 15 is 0 Å². The molecule has 1 aromatic rings. The van der Waals surface area contributed by atoms with E-state index in [0.717, 1.165) is 76.2 Å². The van der Waals surface area contributed by atoms with Crippen LogP contribution in [0.3, 0.4) is 0 Å². The number of carbonyl (C=O) groups is 1. The zero-order chi connectivity index (χ0) is 30.7. The van der Waals surface area contributed by atoms with Crippen LogP contribution in [0.2, 0.25) is 0 Å². The highest BCUT2D eigenvalue weighted by atomic mass is 32.2. The van der Waals surface area contributed by atoms with Crippen molar-refractivity contribution in [3.63, 3.8) is 0 Å². The van der Waals surface area contributed by atoms with Crippen LogP contribution in [0.25, 0.3) is 0 Å². The molecule has 0 unspecified atom stereocenters. The van der Waals surface area contributed by atoms with Crippen molar-refractivity contribution in [3.05, 3.63) is 29.3 Å². The van der Waals surface area contributed by atoms with E-state index in [1.165, 1.54) is 5.56 Å². The van der Waals surface area contributed by atoms with Gasteiger partial charge in [0.1, 0.15) is 0 Å². The van der Waals surface area contributed by atoms with E-state index in [1.807, 2.05) is 6.07 Å². The first kappa shape index (κ1) is 31.3. The zero-order valence-corrected chi connectivity index (χ0v) is 27.4. The Kier molecular flexibility index (Phi) is 8.47. The molecule has 0 spiro atoms. The number of amides is 1. The second kappa shape index (κ2) is 11.6. The summed E-state index contributed by atoms with van der Waals surface area (Å²) in [7, 11) is -3.98. The number of benzene rings is 1. The lowest BCUT2D eigenvalue weighted by Crippen LogP contribution is -2.62. The second-order valence-corrected chi connectivity index (χ2v) is 17.1. The monoisotopic (exact) mass is 615 g/mol. The first-order valence-corrected chi connectivity index (χ1v) is 18.5. The third-order valence-corrected chi connectivity index (χ3v) is 14.9. The largest absolute Gasteiger partial charge is 0.449 e. The molecule has 7 nitrogen and oxygen atoms in total. The van der Waals surface area contributed by atoms with Crippen molar-refractivity contribution in [2.24, 2.45) is 52.3 Å². The van der Waals surface area contributed by atoms with Crippen molar-refractivity contribution >= 4 is 16.1 Å². The quantitative estimate of drug-likeness (QED) is 0.335. The highest BCUT2D eigenvalue weighted by Crippen LogP contribution is 2.69. The molecule has 3 N–H and O–H groups in total. The van der Waals surface area contributed by atoms with E-state index in [2.05, 4.69) is 32.4 Å². The molecule has 8 heteroatoms. The number of carbonyl (C=O) groups excluding carboxylic acids is 1. The van der Waals surface area contributed by atoms with Gasteiger partial charge in [0, 0.05) is 0 Å². The molecule has 240 valence electrons. The molecule has 6 rings (SSSR count). The summed E-state index contributed by atoms with van der Waals surface area (Å²) in [5.41, 5.74) is 2.55. The molecule has 0 heterocycles. The highest BCUT2D eigenvalue weighted by Gasteiger charge is 2.64. The first-order chi connectivity index (χ1) is 20.4. The fraction of sp³-hybridized carbons (Fsp3) is 0.800. The molecule has 11 atom stereocenters. The number of aryl methyl sites for hydroxylation is 2. The van der Waals surface area contributed by atoms with Gasteiger partial charge in [0.2, 0.25) is 0 Å². The smallest absolute Gasteiger partial charge is 0.421 e. The Bertz CT molecular complexity index is 1320. The molecule has 0 radical (unpaired) electrons. The van der Waals surface area contributed by atoms with Crippen LogP contribution in [0.1, 0.15) is 103 Å². The molecule has 1 aromatic carbocycles. The van der Waals surface area contributed by atoms with E-state index in [9.17, 15) is 23.4 Å². The van der Waals surface area contributed by atoms with Gasteiger partial charge >= 0.3 is 6.09 Å². The predicted octanol–water partition coefficient (Wildman–Crippen LogP) is 6.24. The highest BCUT2D eigenvalue weighted by molar-refractivity contribution is 7.90. The molecular formula is C35H53NO6S. The van der Waals surface area contributed by atoms with Crippen LogP contribution in [0.4, 0.5) is 4.79 Å². The molecule has 0 aromatic heterocycles. The normalized spacial score (nSPS) is 41.0. The summed E-state index contributed by atoms with van der Waals surface area (Å²) in [6, 6.07) is 5.09. The molecule has 0 saturated heterocycles. The Balaban J connectivity index is 1.07. The van der Waals surface area contributed by atoms with Gasteiger partial charge in [0.25, 0.3) is 10.0 Å². The van der Waals surface area contributed by atoms with Gasteiger partial charge in [-0.3, -0.25) is 0 Å². The number of aliphatic hydroxyl groups excluding tert-OH is 2. The van der Waals surface area contributed by atoms with Crippen molar-refractivity contribution in [1.82, 2.24) is 4.72 Å². The van der Waals surface area contributed by atoms with Crippen LogP contribution in [-0.2, 0) is 27.6 Å². The number of aliphatic hydroxyl groups is 2. The van der Waals surface area contributed by atoms with Crippen molar-refractivity contribution < 1.29 is 28.2 Å². The van der Waals surface area contributed by atoms with E-state index in [4.69, 9.17) is 4.74 Å². The minimum atomic E-state index is -3.98. The molecule has 43 heavy (non-hydrogen) atoms. The Labute approximate surface area is 258 Å². The van der Waals surface area contributed by atoms with Crippen molar-refractivity contribution in [2.45, 2.75) is 122 Å². The molecule has 0 bridgehead atoms. The van der Waals surface area contributed by atoms with E-state index in [0.29, 0.717) is 41.9 Å². The van der Waals surface area contributed by atoms with Crippen LogP contribution in [0.5, 0.6) is 0 Å². The summed E-state index contributed by atoms with van der Waals surface area (Å²) in [6.45, 7) is 9.56. The number of hydrogen-bond acceptors (Lipinski definition) is 6. The average molecular weight is 616 g/mol. The van der Waals surface area contributed by atoms with E-state index in [-0.39, 0.29) is 40.5 Å². The number of hydrogen-bond donors (Lipinski definition) is 3. The zero-order valence-electron chi connectivity index (χ0n) is 26.6. The van der Waals surface area contributed by atoms with Gasteiger partial charge in [0.15, 0.2) is 0 Å². The SMILES string of the molecule is CC[C@H]1[C@@H](O)[C@@H]2[C@H](CC[C@]3(C)[C@@H]([C@H](C)CCOC(=O)NS(=O)(=O)c4ccc5c(c4)CCC5)CC[C@@H]23)[C@@]2(C)CC[C@@H](O)C[C@@H]12. The molecular weight excluding hydrogens is 562 g/mol. The Hall–Kier alpha value is -1.64. The third kappa shape index (κ3) is 5.35. The van der Waals surface area contributed by atoms with Gasteiger partial charge in [-0.25, -0.2) is 17.9 Å². The van der Waals surface area contributed by atoms with Crippen molar-refractivity contribution in [3.8, 4) is 0 Å². The van der Waals surface area contributed by atoms with Gasteiger partial charge < -0.3 is 14.9 Å². The molecule has 5 aliphatic carbocycles. The number of sulfonamides is 1. The van der Waals surface area contributed by atoms with E-state index < -0.39 is 16.1 Å². The summed E-state index contributed by atoms with van der Waals surface area (Å²) < 4.78 is 33.1. The lowest BCUT2D eigenvalue weighted by molar-refractivity contribution is -0.203. The molecule has 4 saturated carbocycles. The first-order valence-electron chi connectivity index (χ1n) is 17.1. The molecule has 5 aliphatic rings. The van der Waals surface area contributed by atoms with Gasteiger partial charge in [-0.1, -0.05) is 40.2 Å². The third-order valence-electron chi connectivity index (χ3n) is 13.6. The standard InChI is InChI=1S/C35H53NO6S/c1-5-26-30-20-24(37)13-16-35(30,4)29-14-17-34(3)27(11-12-28(34)31(29)32(26)38)21(2)15-18-42-33(39)36-43(40,41)25-10-9-22-7-6-8-23(22)19-25/h9-10,19,21,24,26-32,37-38H,5-8,11-18,20H2,1-4H3,(H,36,39)/t21-,24-,26-,27-,28+,29+,30+,31+,32-,34-,35-/m1/s1. The van der Waals surface area contributed by atoms with Crippen LogP contribution in [0.15, 0.2) is 23.1 Å². The van der Waals surface area contributed by atoms with Crippen molar-refractivity contribution in [1.29, 1.82) is 0 Å². The van der Waals surface area contributed by atoms with Gasteiger partial charge in [-0.05, 0) is 146 Å². The Morgan fingerprint density at radius 2 is 1.74 bits per heavy atom. The van der Waals surface area contributed by atoms with Gasteiger partial charge in [-0.15, -0.1) is 0 Å². The van der Waals surface area contributed by atoms with Gasteiger partial charge in [-0.2, -0.15) is 0 Å². The van der Waals surface area contributed by atoms with Gasteiger partial charge in [0.05, 0.1) is 23.7 Å². The minimum Gasteiger partial charge on any atom is -0.449 e. The molecule has 1 amide bonds. The van der Waals surface area contributed by atoms with Crippen LogP contribution >= 0.6 is 0 Å². The summed E-state index contributed by atoms with van der Waals surface area (Å²) in [5, 5.41) is 22.5. The summed E-state index contributed by atoms with van der Waals surface area (Å²) in [6.07, 6.45) is 10.4. The fourth-order valence-electron chi connectivity index (χ4n) is 11.4. The lowest BCUT2D eigenvalue weighted by atomic mass is 9.41. The van der Waals surface area contributed by atoms with Crippen molar-refractivity contribution in [2.75, 3.05) is 6.61 Å². The number of rotatable bonds is 7. The topological polar surface area (TPSA) is 113 Å². The van der Waals surface area contributed by atoms with E-state index in [1.54, 1.807) is 12.1 Å². The number of ether oxygens (including phenoxy) is 1. The second-order valence-electron chi connectivity index (χ2n) is 15.4. The Morgan fingerprint density at radius 1 is 1.02 bits per heavy atom. The minimum absolute atomic E-state index is 0.110. The maximum atomic E-state index is 12.8. The average Bonchev–Trinajstić information content (AvgIpc) is 3.57. The molecule has 0 aliphatic heterocycles. The van der Waals surface area contributed by atoms with Crippen LogP contribution < -0.4 is 4.72 Å². The fourth-order valence-corrected chi connectivity index (χ4v) is 12.3. The maximum absolute atomic E-state index is 12.8. The predicted molar refractivity (Wildman–Crippen MR) is 166 cm³/mol. The lowest BCUT2D eigenvalue weighted by Gasteiger charge is -2.64. The summed E-state index contributed by atoms with van der Waals surface area (Å²) >= 11 is 0. The number of fused-ring (bicyclic) bond motifs is 6. The maximum Gasteiger partial charge on any atom is 0.421 e.